The average Bonchev–Trinajstić information content (AvgIpc) is 3.55. The maximum atomic E-state index is 6.64. The number of halogens is 2. The fraction of sp³-hybridized carbons (Fsp3) is 0.0968. The van der Waals surface area contributed by atoms with Gasteiger partial charge in [-0.25, -0.2) is 0 Å². The Balaban J connectivity index is 1.41. The smallest absolute Gasteiger partial charge is 0.174 e. The van der Waals surface area contributed by atoms with Gasteiger partial charge in [-0.3, -0.25) is 4.98 Å². The molecule has 0 spiro atoms. The molecule has 0 unspecified atom stereocenters. The van der Waals surface area contributed by atoms with Gasteiger partial charge in [0, 0.05) is 28.8 Å². The van der Waals surface area contributed by atoms with Crippen molar-refractivity contribution in [3.05, 3.63) is 136 Å². The molecule has 5 nitrogen and oxygen atoms in total. The molecule has 5 aromatic rings. The highest BCUT2D eigenvalue weighted by Crippen LogP contribution is 2.43. The molecule has 1 fully saturated rings. The van der Waals surface area contributed by atoms with Crippen molar-refractivity contribution in [1.82, 2.24) is 14.9 Å². The number of para-hydroxylation sites is 1. The lowest BCUT2D eigenvalue weighted by Gasteiger charge is -2.29. The number of rotatable bonds is 6. The van der Waals surface area contributed by atoms with Crippen molar-refractivity contribution in [3.8, 4) is 17.2 Å². The molecular weight excluding hydrogens is 547 g/mol. The standard InChI is InChI=1S/C31H24Cl2N4OS/c1-20-7-2-3-10-28(20)38-23-14-12-22(13-15-23)37-30(29(35-31(37)39)25-8-4-5-17-34-25)27-9-6-18-36(27)26-16-11-21(32)19-24(26)33/h2-19,29-30H,1H3,(H,35,39)/t29-,30-/m0/s1. The van der Waals surface area contributed by atoms with Crippen molar-refractivity contribution >= 4 is 46.2 Å². The summed E-state index contributed by atoms with van der Waals surface area (Å²) in [6, 6.07) is 31.0. The van der Waals surface area contributed by atoms with Gasteiger partial charge in [-0.05, 0) is 97.5 Å². The van der Waals surface area contributed by atoms with Crippen molar-refractivity contribution < 1.29 is 4.74 Å². The molecule has 0 bridgehead atoms. The van der Waals surface area contributed by atoms with Gasteiger partial charge in [0.15, 0.2) is 5.11 Å². The molecule has 6 rings (SSSR count). The SMILES string of the molecule is Cc1ccccc1Oc1ccc(N2C(=S)N[C@@H](c3ccccn3)[C@@H]2c2cccn2-c2ccc(Cl)cc2Cl)cc1. The van der Waals surface area contributed by atoms with Crippen molar-refractivity contribution in [2.24, 2.45) is 0 Å². The van der Waals surface area contributed by atoms with E-state index >= 15 is 0 Å². The lowest BCUT2D eigenvalue weighted by Crippen LogP contribution is -2.30. The highest BCUT2D eigenvalue weighted by atomic mass is 35.5. The summed E-state index contributed by atoms with van der Waals surface area (Å²) in [6.45, 7) is 2.03. The third-order valence-corrected chi connectivity index (χ3v) is 7.64. The molecule has 0 amide bonds. The minimum Gasteiger partial charge on any atom is -0.457 e. The number of benzene rings is 3. The topological polar surface area (TPSA) is 42.3 Å². The minimum atomic E-state index is -0.211. The van der Waals surface area contributed by atoms with Crippen LogP contribution in [-0.2, 0) is 0 Å². The van der Waals surface area contributed by atoms with Crippen molar-refractivity contribution in [3.63, 3.8) is 0 Å². The highest BCUT2D eigenvalue weighted by molar-refractivity contribution is 7.80. The zero-order valence-corrected chi connectivity index (χ0v) is 23.3. The monoisotopic (exact) mass is 570 g/mol. The summed E-state index contributed by atoms with van der Waals surface area (Å²) in [4.78, 5) is 6.79. The third kappa shape index (κ3) is 4.99. The van der Waals surface area contributed by atoms with E-state index in [0.29, 0.717) is 15.2 Å². The Morgan fingerprint density at radius 2 is 1.69 bits per heavy atom. The highest BCUT2D eigenvalue weighted by Gasteiger charge is 2.42. The van der Waals surface area contributed by atoms with Crippen LogP contribution in [0.25, 0.3) is 5.69 Å². The predicted octanol–water partition coefficient (Wildman–Crippen LogP) is 8.46. The first-order chi connectivity index (χ1) is 19.0. The van der Waals surface area contributed by atoms with Crippen LogP contribution in [-0.4, -0.2) is 14.7 Å². The Labute approximate surface area is 242 Å². The molecule has 2 atom stereocenters. The van der Waals surface area contributed by atoms with E-state index < -0.39 is 0 Å². The molecule has 0 radical (unpaired) electrons. The second-order valence-corrected chi connectivity index (χ2v) is 10.5. The maximum absolute atomic E-state index is 6.64. The Morgan fingerprint density at radius 1 is 0.897 bits per heavy atom. The zero-order chi connectivity index (χ0) is 26.9. The zero-order valence-electron chi connectivity index (χ0n) is 21.0. The van der Waals surface area contributed by atoms with Gasteiger partial charge in [-0.15, -0.1) is 0 Å². The molecule has 3 aromatic carbocycles. The molecule has 39 heavy (non-hydrogen) atoms. The van der Waals surface area contributed by atoms with Gasteiger partial charge in [0.2, 0.25) is 0 Å². The van der Waals surface area contributed by atoms with Crippen LogP contribution in [0.3, 0.4) is 0 Å². The Hall–Kier alpha value is -3.84. The largest absolute Gasteiger partial charge is 0.457 e. The Morgan fingerprint density at radius 3 is 2.44 bits per heavy atom. The first-order valence-electron chi connectivity index (χ1n) is 12.5. The maximum Gasteiger partial charge on any atom is 0.174 e. The van der Waals surface area contributed by atoms with Gasteiger partial charge in [-0.1, -0.05) is 47.5 Å². The summed E-state index contributed by atoms with van der Waals surface area (Å²) >= 11 is 18.8. The van der Waals surface area contributed by atoms with E-state index in [1.807, 2.05) is 98.0 Å². The number of aromatic nitrogens is 2. The second-order valence-electron chi connectivity index (χ2n) is 9.26. The van der Waals surface area contributed by atoms with Gasteiger partial charge in [0.25, 0.3) is 0 Å². The molecule has 1 N–H and O–H groups in total. The number of anilines is 1. The Kier molecular flexibility index (Phi) is 7.00. The van der Waals surface area contributed by atoms with E-state index in [1.54, 1.807) is 12.3 Å². The first-order valence-corrected chi connectivity index (χ1v) is 13.6. The fourth-order valence-electron chi connectivity index (χ4n) is 4.94. The van der Waals surface area contributed by atoms with Crippen LogP contribution in [0.5, 0.6) is 11.5 Å². The van der Waals surface area contributed by atoms with Crippen molar-refractivity contribution in [1.29, 1.82) is 0 Å². The van der Waals surface area contributed by atoms with E-state index in [1.165, 1.54) is 0 Å². The lowest BCUT2D eigenvalue weighted by molar-refractivity contribution is 0.479. The summed E-state index contributed by atoms with van der Waals surface area (Å²) in [5, 5.41) is 5.27. The van der Waals surface area contributed by atoms with Gasteiger partial charge in [-0.2, -0.15) is 0 Å². The van der Waals surface area contributed by atoms with Crippen LogP contribution < -0.4 is 15.0 Å². The van der Waals surface area contributed by atoms with Crippen LogP contribution in [0.1, 0.15) is 29.0 Å². The van der Waals surface area contributed by atoms with E-state index in [9.17, 15) is 0 Å². The molecule has 0 saturated carbocycles. The number of thiocarbonyl (C=S) groups is 1. The second kappa shape index (κ2) is 10.7. The molecule has 194 valence electrons. The molecule has 8 heteroatoms. The fourth-order valence-corrected chi connectivity index (χ4v) is 5.78. The van der Waals surface area contributed by atoms with Gasteiger partial charge in [0.1, 0.15) is 17.5 Å². The molecular formula is C31H24Cl2N4OS. The number of aryl methyl sites for hydroxylation is 1. The third-order valence-electron chi connectivity index (χ3n) is 6.79. The number of ether oxygens (including phenoxy) is 1. The number of nitrogens with one attached hydrogen (secondary N) is 1. The average molecular weight is 572 g/mol. The number of pyridine rings is 1. The van der Waals surface area contributed by atoms with Crippen LogP contribution in [0.2, 0.25) is 10.0 Å². The normalized spacial score (nSPS) is 16.8. The van der Waals surface area contributed by atoms with Gasteiger partial charge >= 0.3 is 0 Å². The first kappa shape index (κ1) is 25.4. The van der Waals surface area contributed by atoms with E-state index in [2.05, 4.69) is 25.8 Å². The predicted molar refractivity (Wildman–Crippen MR) is 161 cm³/mol. The Bertz CT molecular complexity index is 1640. The van der Waals surface area contributed by atoms with Crippen LogP contribution in [0, 0.1) is 6.92 Å². The summed E-state index contributed by atoms with van der Waals surface area (Å²) in [7, 11) is 0. The molecule has 0 aliphatic carbocycles. The van der Waals surface area contributed by atoms with Crippen LogP contribution in [0.15, 0.2) is 109 Å². The number of hydrogen-bond acceptors (Lipinski definition) is 3. The molecule has 3 heterocycles. The van der Waals surface area contributed by atoms with E-state index in [4.69, 9.17) is 40.2 Å². The number of hydrogen-bond donors (Lipinski definition) is 1. The van der Waals surface area contributed by atoms with Crippen molar-refractivity contribution in [2.45, 2.75) is 19.0 Å². The summed E-state index contributed by atoms with van der Waals surface area (Å²) in [5.74, 6) is 1.58. The summed E-state index contributed by atoms with van der Waals surface area (Å²) < 4.78 is 8.22. The van der Waals surface area contributed by atoms with E-state index in [-0.39, 0.29) is 12.1 Å². The van der Waals surface area contributed by atoms with E-state index in [0.717, 1.165) is 39.8 Å². The molecule has 2 aromatic heterocycles. The van der Waals surface area contributed by atoms with Gasteiger partial charge < -0.3 is 19.5 Å². The van der Waals surface area contributed by atoms with Crippen LogP contribution in [0.4, 0.5) is 5.69 Å². The molecule has 1 saturated heterocycles. The number of nitrogens with zero attached hydrogens (tertiary/aromatic N) is 3. The van der Waals surface area contributed by atoms with Crippen LogP contribution >= 0.6 is 35.4 Å². The molecule has 1 aliphatic rings. The summed E-state index contributed by atoms with van der Waals surface area (Å²) in [6.07, 6.45) is 3.80. The lowest BCUT2D eigenvalue weighted by atomic mass is 10.0. The molecule has 1 aliphatic heterocycles. The van der Waals surface area contributed by atoms with Gasteiger partial charge in [0.05, 0.1) is 22.4 Å². The quantitative estimate of drug-likeness (QED) is 0.207. The summed E-state index contributed by atoms with van der Waals surface area (Å²) in [5.41, 5.74) is 4.74. The van der Waals surface area contributed by atoms with Crippen molar-refractivity contribution in [2.75, 3.05) is 4.90 Å². The minimum absolute atomic E-state index is 0.193.